The van der Waals surface area contributed by atoms with Gasteiger partial charge in [0.05, 0.1) is 0 Å². The van der Waals surface area contributed by atoms with E-state index in [-0.39, 0.29) is 0 Å². The zero-order valence-corrected chi connectivity index (χ0v) is 15.7. The SMILES string of the molecule is CCCc1ccc(CCCCCCc2ccc(CCC)cc2)cc1. The van der Waals surface area contributed by atoms with E-state index >= 15 is 0 Å². The van der Waals surface area contributed by atoms with Crippen LogP contribution in [0.5, 0.6) is 0 Å². The Kier molecular flexibility index (Phi) is 8.66. The van der Waals surface area contributed by atoms with Crippen LogP contribution < -0.4 is 0 Å². The number of hydrogen-bond acceptors (Lipinski definition) is 0. The molecular weight excluding hydrogens is 288 g/mol. The molecule has 0 aliphatic rings. The van der Waals surface area contributed by atoms with Crippen molar-refractivity contribution >= 4 is 0 Å². The molecule has 24 heavy (non-hydrogen) atoms. The Morgan fingerprint density at radius 3 is 1.00 bits per heavy atom. The highest BCUT2D eigenvalue weighted by atomic mass is 14.0. The minimum Gasteiger partial charge on any atom is -0.0651 e. The Hall–Kier alpha value is -1.56. The normalized spacial score (nSPS) is 10.9. The van der Waals surface area contributed by atoms with Gasteiger partial charge in [-0.2, -0.15) is 0 Å². The highest BCUT2D eigenvalue weighted by Crippen LogP contribution is 2.13. The third-order valence-corrected chi connectivity index (χ3v) is 4.80. The van der Waals surface area contributed by atoms with E-state index in [1.165, 1.54) is 86.5 Å². The van der Waals surface area contributed by atoms with Gasteiger partial charge in [-0.1, -0.05) is 88.1 Å². The molecule has 0 radical (unpaired) electrons. The number of rotatable bonds is 11. The predicted octanol–water partition coefficient (Wildman–Crippen LogP) is 6.94. The van der Waals surface area contributed by atoms with Crippen LogP contribution in [0.15, 0.2) is 48.5 Å². The molecule has 0 spiro atoms. The minimum absolute atomic E-state index is 1.21. The zero-order valence-electron chi connectivity index (χ0n) is 15.7. The van der Waals surface area contributed by atoms with Gasteiger partial charge in [0, 0.05) is 0 Å². The van der Waals surface area contributed by atoms with E-state index in [4.69, 9.17) is 0 Å². The molecule has 0 N–H and O–H groups in total. The Labute approximate surface area is 149 Å². The molecule has 0 saturated heterocycles. The van der Waals surface area contributed by atoms with Crippen molar-refractivity contribution in [3.8, 4) is 0 Å². The first-order valence-corrected chi connectivity index (χ1v) is 9.97. The van der Waals surface area contributed by atoms with Crippen LogP contribution in [-0.4, -0.2) is 0 Å². The van der Waals surface area contributed by atoms with E-state index in [1.54, 1.807) is 0 Å². The van der Waals surface area contributed by atoms with Crippen molar-refractivity contribution in [2.75, 3.05) is 0 Å². The van der Waals surface area contributed by atoms with Crippen LogP contribution in [0.1, 0.15) is 74.6 Å². The van der Waals surface area contributed by atoms with Gasteiger partial charge in [0.25, 0.3) is 0 Å². The second kappa shape index (κ2) is 11.1. The highest BCUT2D eigenvalue weighted by Gasteiger charge is 1.98. The molecule has 130 valence electrons. The molecule has 0 aromatic heterocycles. The number of benzene rings is 2. The maximum atomic E-state index is 2.32. The highest BCUT2D eigenvalue weighted by molar-refractivity contribution is 5.23. The third kappa shape index (κ3) is 6.91. The summed E-state index contributed by atoms with van der Waals surface area (Å²) in [6.07, 6.45) is 12.7. The van der Waals surface area contributed by atoms with Crippen LogP contribution >= 0.6 is 0 Å². The molecule has 0 unspecified atom stereocenters. The number of unbranched alkanes of at least 4 members (excludes halogenated alkanes) is 3. The molecule has 2 rings (SSSR count). The standard InChI is InChI=1S/C24H34/c1-3-9-21-13-17-23(18-14-21)11-7-5-6-8-12-24-19-15-22(10-4-2)16-20-24/h13-20H,3-12H2,1-2H3. The van der Waals surface area contributed by atoms with Gasteiger partial charge in [0.2, 0.25) is 0 Å². The molecular formula is C24H34. The Bertz CT molecular complexity index is 494. The fraction of sp³-hybridized carbons (Fsp3) is 0.500. The van der Waals surface area contributed by atoms with Gasteiger partial charge in [-0.25, -0.2) is 0 Å². The summed E-state index contributed by atoms with van der Waals surface area (Å²) in [5, 5.41) is 0. The summed E-state index contributed by atoms with van der Waals surface area (Å²) in [4.78, 5) is 0. The average molecular weight is 323 g/mol. The molecule has 0 amide bonds. The summed E-state index contributed by atoms with van der Waals surface area (Å²) >= 11 is 0. The van der Waals surface area contributed by atoms with Crippen LogP contribution in [-0.2, 0) is 25.7 Å². The fourth-order valence-corrected chi connectivity index (χ4v) is 3.33. The molecule has 0 nitrogen and oxygen atoms in total. The average Bonchev–Trinajstić information content (AvgIpc) is 2.61. The maximum absolute atomic E-state index is 2.32. The van der Waals surface area contributed by atoms with Gasteiger partial charge in [-0.05, 0) is 60.8 Å². The summed E-state index contributed by atoms with van der Waals surface area (Å²) < 4.78 is 0. The summed E-state index contributed by atoms with van der Waals surface area (Å²) in [6, 6.07) is 18.5. The number of aryl methyl sites for hydroxylation is 4. The van der Waals surface area contributed by atoms with Crippen molar-refractivity contribution in [3.63, 3.8) is 0 Å². The number of hydrogen-bond donors (Lipinski definition) is 0. The first-order chi connectivity index (χ1) is 11.8. The van der Waals surface area contributed by atoms with Gasteiger partial charge in [0.1, 0.15) is 0 Å². The lowest BCUT2D eigenvalue weighted by Crippen LogP contribution is -1.90. The molecule has 0 saturated carbocycles. The van der Waals surface area contributed by atoms with Gasteiger partial charge < -0.3 is 0 Å². The van der Waals surface area contributed by atoms with Crippen molar-refractivity contribution < 1.29 is 0 Å². The van der Waals surface area contributed by atoms with Gasteiger partial charge in [0.15, 0.2) is 0 Å². The van der Waals surface area contributed by atoms with Crippen LogP contribution in [0.3, 0.4) is 0 Å². The molecule has 0 heterocycles. The molecule has 0 fully saturated rings. The molecule has 0 bridgehead atoms. The van der Waals surface area contributed by atoms with E-state index in [1.807, 2.05) is 0 Å². The predicted molar refractivity (Wildman–Crippen MR) is 107 cm³/mol. The Morgan fingerprint density at radius 1 is 0.417 bits per heavy atom. The smallest absolute Gasteiger partial charge is 0.0279 e. The van der Waals surface area contributed by atoms with Crippen LogP contribution in [0.25, 0.3) is 0 Å². The second-order valence-electron chi connectivity index (χ2n) is 7.05. The van der Waals surface area contributed by atoms with Crippen LogP contribution in [0.2, 0.25) is 0 Å². The summed E-state index contributed by atoms with van der Waals surface area (Å²) in [7, 11) is 0. The summed E-state index contributed by atoms with van der Waals surface area (Å²) in [5.74, 6) is 0. The minimum atomic E-state index is 1.21. The molecule has 0 aliphatic carbocycles. The lowest BCUT2D eigenvalue weighted by Gasteiger charge is -2.05. The van der Waals surface area contributed by atoms with E-state index < -0.39 is 0 Å². The second-order valence-corrected chi connectivity index (χ2v) is 7.05. The van der Waals surface area contributed by atoms with Crippen LogP contribution in [0.4, 0.5) is 0 Å². The lowest BCUT2D eigenvalue weighted by molar-refractivity contribution is 0.640. The van der Waals surface area contributed by atoms with Crippen LogP contribution in [0, 0.1) is 0 Å². The third-order valence-electron chi connectivity index (χ3n) is 4.80. The van der Waals surface area contributed by atoms with Gasteiger partial charge in [-0.3, -0.25) is 0 Å². The summed E-state index contributed by atoms with van der Waals surface area (Å²) in [6.45, 7) is 4.49. The Morgan fingerprint density at radius 2 is 0.708 bits per heavy atom. The monoisotopic (exact) mass is 322 g/mol. The first-order valence-electron chi connectivity index (χ1n) is 9.97. The van der Waals surface area contributed by atoms with Crippen molar-refractivity contribution in [2.45, 2.75) is 78.1 Å². The van der Waals surface area contributed by atoms with Crippen molar-refractivity contribution in [3.05, 3.63) is 70.8 Å². The van der Waals surface area contributed by atoms with Crippen molar-refractivity contribution in [1.29, 1.82) is 0 Å². The lowest BCUT2D eigenvalue weighted by atomic mass is 10.0. The van der Waals surface area contributed by atoms with Gasteiger partial charge >= 0.3 is 0 Å². The van der Waals surface area contributed by atoms with E-state index in [0.29, 0.717) is 0 Å². The summed E-state index contributed by atoms with van der Waals surface area (Å²) in [5.41, 5.74) is 5.96. The molecule has 2 aromatic carbocycles. The molecule has 0 atom stereocenters. The van der Waals surface area contributed by atoms with E-state index in [9.17, 15) is 0 Å². The van der Waals surface area contributed by atoms with E-state index in [2.05, 4.69) is 62.4 Å². The quantitative estimate of drug-likeness (QED) is 0.393. The maximum Gasteiger partial charge on any atom is -0.0279 e. The van der Waals surface area contributed by atoms with Crippen molar-refractivity contribution in [2.24, 2.45) is 0 Å². The molecule has 0 aliphatic heterocycles. The van der Waals surface area contributed by atoms with E-state index in [0.717, 1.165) is 0 Å². The fourth-order valence-electron chi connectivity index (χ4n) is 3.33. The first kappa shape index (κ1) is 18.8. The zero-order chi connectivity index (χ0) is 17.0. The molecule has 0 heteroatoms. The van der Waals surface area contributed by atoms with Crippen molar-refractivity contribution in [1.82, 2.24) is 0 Å². The largest absolute Gasteiger partial charge is 0.0651 e. The molecule has 2 aromatic rings. The van der Waals surface area contributed by atoms with Gasteiger partial charge in [-0.15, -0.1) is 0 Å². The topological polar surface area (TPSA) is 0 Å². The Balaban J connectivity index is 1.57.